The van der Waals surface area contributed by atoms with E-state index >= 15 is 0 Å². The summed E-state index contributed by atoms with van der Waals surface area (Å²) in [5, 5.41) is 3.59. The van der Waals surface area contributed by atoms with Crippen LogP contribution in [-0.4, -0.2) is 17.0 Å². The zero-order valence-corrected chi connectivity index (χ0v) is 12.3. The molecule has 18 heavy (non-hydrogen) atoms. The first-order valence-electron chi connectivity index (χ1n) is 4.94. The van der Waals surface area contributed by atoms with Crippen LogP contribution in [0.4, 0.5) is 5.95 Å². The van der Waals surface area contributed by atoms with E-state index in [2.05, 4.69) is 31.2 Å². The lowest BCUT2D eigenvalue weighted by Gasteiger charge is -2.09. The second-order valence-electron chi connectivity index (χ2n) is 3.25. The van der Waals surface area contributed by atoms with E-state index in [9.17, 15) is 0 Å². The molecule has 1 aromatic heterocycles. The average Bonchev–Trinajstić information content (AvgIpc) is 2.37. The Morgan fingerprint density at radius 3 is 2.83 bits per heavy atom. The van der Waals surface area contributed by atoms with Crippen LogP contribution in [0.2, 0.25) is 10.0 Å². The molecule has 1 aromatic carbocycles. The second-order valence-corrected chi connectivity index (χ2v) is 4.89. The van der Waals surface area contributed by atoms with Crippen LogP contribution in [0, 0.1) is 0 Å². The first kappa shape index (κ1) is 13.4. The number of halogens is 3. The minimum atomic E-state index is 0.343. The molecule has 94 valence electrons. The highest BCUT2D eigenvalue weighted by atomic mass is 79.9. The first-order chi connectivity index (χ1) is 8.61. The smallest absolute Gasteiger partial charge is 0.238 e. The predicted octanol–water partition coefficient (Wildman–Crippen LogP) is 4.38. The Kier molecular flexibility index (Phi) is 4.27. The van der Waals surface area contributed by atoms with E-state index in [1.54, 1.807) is 31.4 Å². The second kappa shape index (κ2) is 5.73. The number of nitrogens with zero attached hydrogens (tertiary/aromatic N) is 2. The maximum atomic E-state index is 6.04. The van der Waals surface area contributed by atoms with Gasteiger partial charge in [0, 0.05) is 7.05 Å². The van der Waals surface area contributed by atoms with Gasteiger partial charge in [-0.2, -0.15) is 4.98 Å². The van der Waals surface area contributed by atoms with Crippen LogP contribution in [0.15, 0.2) is 28.9 Å². The van der Waals surface area contributed by atoms with Crippen LogP contribution in [-0.2, 0) is 0 Å². The molecule has 0 aliphatic carbocycles. The van der Waals surface area contributed by atoms with Crippen molar-refractivity contribution in [1.29, 1.82) is 0 Å². The van der Waals surface area contributed by atoms with Gasteiger partial charge in [-0.3, -0.25) is 0 Å². The summed E-state index contributed by atoms with van der Waals surface area (Å²) in [6.45, 7) is 0. The summed E-state index contributed by atoms with van der Waals surface area (Å²) in [6, 6.07) is 5.14. The van der Waals surface area contributed by atoms with Crippen molar-refractivity contribution in [2.75, 3.05) is 12.4 Å². The Balaban J connectivity index is 2.36. The molecule has 7 heteroatoms. The summed E-state index contributed by atoms with van der Waals surface area (Å²) < 4.78 is 6.23. The van der Waals surface area contributed by atoms with Crippen molar-refractivity contribution >= 4 is 45.1 Å². The van der Waals surface area contributed by atoms with Crippen LogP contribution in [0.3, 0.4) is 0 Å². The lowest BCUT2D eigenvalue weighted by molar-refractivity contribution is 0.459. The number of anilines is 1. The molecule has 0 aliphatic heterocycles. The Hall–Kier alpha value is -1.04. The van der Waals surface area contributed by atoms with Crippen molar-refractivity contribution in [2.45, 2.75) is 0 Å². The van der Waals surface area contributed by atoms with E-state index < -0.39 is 0 Å². The molecule has 2 aromatic rings. The minimum absolute atomic E-state index is 0.343. The molecular weight excluding hydrogens is 341 g/mol. The molecule has 4 nitrogen and oxygen atoms in total. The molecule has 1 heterocycles. The van der Waals surface area contributed by atoms with E-state index in [0.717, 1.165) is 0 Å². The molecule has 0 saturated carbocycles. The van der Waals surface area contributed by atoms with Crippen LogP contribution in [0.1, 0.15) is 0 Å². The predicted molar refractivity (Wildman–Crippen MR) is 75.8 cm³/mol. The van der Waals surface area contributed by atoms with Crippen molar-refractivity contribution in [2.24, 2.45) is 0 Å². The molecule has 0 amide bonds. The third-order valence-corrected chi connectivity index (χ3v) is 3.40. The Morgan fingerprint density at radius 2 is 2.11 bits per heavy atom. The van der Waals surface area contributed by atoms with E-state index in [0.29, 0.717) is 32.1 Å². The number of rotatable bonds is 3. The number of hydrogen-bond acceptors (Lipinski definition) is 4. The number of benzene rings is 1. The van der Waals surface area contributed by atoms with Gasteiger partial charge >= 0.3 is 0 Å². The summed E-state index contributed by atoms with van der Waals surface area (Å²) in [7, 11) is 1.72. The molecule has 2 rings (SSSR count). The van der Waals surface area contributed by atoms with Crippen LogP contribution >= 0.6 is 39.1 Å². The molecule has 0 aliphatic rings. The average molecular weight is 349 g/mol. The quantitative estimate of drug-likeness (QED) is 0.894. The summed E-state index contributed by atoms with van der Waals surface area (Å²) in [4.78, 5) is 8.19. The first-order valence-corrected chi connectivity index (χ1v) is 6.49. The standard InChI is InChI=1S/C11H8BrCl2N3O/c1-15-11-16-5-6(12)10(17-11)18-8-4-2-3-7(13)9(8)14/h2-5H,1H3,(H,15,16,17). The summed E-state index contributed by atoms with van der Waals surface area (Å²) in [5.74, 6) is 1.25. The van der Waals surface area contributed by atoms with Crippen molar-refractivity contribution < 1.29 is 4.74 Å². The normalized spacial score (nSPS) is 10.2. The Morgan fingerprint density at radius 1 is 1.33 bits per heavy atom. The highest BCUT2D eigenvalue weighted by Crippen LogP contribution is 2.36. The molecule has 0 saturated heterocycles. The van der Waals surface area contributed by atoms with Crippen LogP contribution in [0.25, 0.3) is 0 Å². The minimum Gasteiger partial charge on any atom is -0.436 e. The van der Waals surface area contributed by atoms with Gasteiger partial charge in [-0.1, -0.05) is 29.3 Å². The monoisotopic (exact) mass is 347 g/mol. The van der Waals surface area contributed by atoms with Crippen molar-refractivity contribution in [3.05, 3.63) is 38.9 Å². The van der Waals surface area contributed by atoms with Crippen molar-refractivity contribution in [3.63, 3.8) is 0 Å². The maximum Gasteiger partial charge on any atom is 0.238 e. The van der Waals surface area contributed by atoms with Crippen molar-refractivity contribution in [1.82, 2.24) is 9.97 Å². The van der Waals surface area contributed by atoms with E-state index in [4.69, 9.17) is 27.9 Å². The van der Waals surface area contributed by atoms with Gasteiger partial charge in [0.15, 0.2) is 0 Å². The summed E-state index contributed by atoms with van der Waals surface area (Å²) >= 11 is 15.3. The van der Waals surface area contributed by atoms with Gasteiger partial charge in [0.1, 0.15) is 10.8 Å². The third kappa shape index (κ3) is 2.85. The Labute approximate surface area is 122 Å². The molecular formula is C11H8BrCl2N3O. The molecule has 0 bridgehead atoms. The number of aromatic nitrogens is 2. The highest BCUT2D eigenvalue weighted by Gasteiger charge is 2.11. The lowest BCUT2D eigenvalue weighted by Crippen LogP contribution is -1.98. The van der Waals surface area contributed by atoms with Gasteiger partial charge in [-0.15, -0.1) is 0 Å². The van der Waals surface area contributed by atoms with Gasteiger partial charge < -0.3 is 10.1 Å². The number of nitrogens with one attached hydrogen (secondary N) is 1. The lowest BCUT2D eigenvalue weighted by atomic mass is 10.3. The topological polar surface area (TPSA) is 47.0 Å². The SMILES string of the molecule is CNc1ncc(Br)c(Oc2cccc(Cl)c2Cl)n1. The van der Waals surface area contributed by atoms with Gasteiger partial charge in [0.05, 0.1) is 15.7 Å². The van der Waals surface area contributed by atoms with Crippen LogP contribution in [0.5, 0.6) is 11.6 Å². The fraction of sp³-hybridized carbons (Fsp3) is 0.0909. The molecule has 1 N–H and O–H groups in total. The highest BCUT2D eigenvalue weighted by molar-refractivity contribution is 9.10. The van der Waals surface area contributed by atoms with Gasteiger partial charge in [0.2, 0.25) is 11.8 Å². The molecule has 0 fully saturated rings. The van der Waals surface area contributed by atoms with Crippen molar-refractivity contribution in [3.8, 4) is 11.6 Å². The fourth-order valence-electron chi connectivity index (χ4n) is 1.21. The molecule has 0 spiro atoms. The summed E-state index contributed by atoms with van der Waals surface area (Å²) in [6.07, 6.45) is 1.59. The summed E-state index contributed by atoms with van der Waals surface area (Å²) in [5.41, 5.74) is 0. The van der Waals surface area contributed by atoms with Gasteiger partial charge in [-0.25, -0.2) is 4.98 Å². The van der Waals surface area contributed by atoms with Gasteiger partial charge in [-0.05, 0) is 28.1 Å². The van der Waals surface area contributed by atoms with E-state index in [1.807, 2.05) is 0 Å². The largest absolute Gasteiger partial charge is 0.436 e. The zero-order chi connectivity index (χ0) is 13.1. The Bertz CT molecular complexity index is 580. The van der Waals surface area contributed by atoms with Crippen LogP contribution < -0.4 is 10.1 Å². The molecule has 0 radical (unpaired) electrons. The maximum absolute atomic E-state index is 6.04. The number of hydrogen-bond donors (Lipinski definition) is 1. The van der Waals surface area contributed by atoms with E-state index in [-0.39, 0.29) is 0 Å². The molecule has 0 atom stereocenters. The fourth-order valence-corrected chi connectivity index (χ4v) is 1.81. The zero-order valence-electron chi connectivity index (χ0n) is 9.25. The third-order valence-electron chi connectivity index (χ3n) is 2.06. The molecule has 0 unspecified atom stereocenters. The van der Waals surface area contributed by atoms with Gasteiger partial charge in [0.25, 0.3) is 0 Å². The number of ether oxygens (including phenoxy) is 1. The van der Waals surface area contributed by atoms with E-state index in [1.165, 1.54) is 0 Å².